The summed E-state index contributed by atoms with van der Waals surface area (Å²) in [6, 6.07) is 27.3. The summed E-state index contributed by atoms with van der Waals surface area (Å²) in [5.41, 5.74) is 2.65. The number of imide groups is 1. The zero-order valence-electron chi connectivity index (χ0n) is 18.4. The van der Waals surface area contributed by atoms with Gasteiger partial charge in [0.15, 0.2) is 0 Å². The summed E-state index contributed by atoms with van der Waals surface area (Å²) >= 11 is 10.8. The molecule has 1 heterocycles. The first-order valence-corrected chi connectivity index (χ1v) is 12.8. The minimum atomic E-state index is -0.310. The van der Waals surface area contributed by atoms with E-state index in [0.29, 0.717) is 22.3 Å². The Morgan fingerprint density at radius 2 is 1.63 bits per heavy atom. The lowest BCUT2D eigenvalue weighted by molar-refractivity contribution is -0.123. The van der Waals surface area contributed by atoms with E-state index in [4.69, 9.17) is 16.3 Å². The number of rotatable bonds is 6. The van der Waals surface area contributed by atoms with Gasteiger partial charge in [-0.05, 0) is 75.6 Å². The van der Waals surface area contributed by atoms with Gasteiger partial charge in [-0.2, -0.15) is 0 Å². The number of halogens is 2. The van der Waals surface area contributed by atoms with E-state index in [9.17, 15) is 9.59 Å². The van der Waals surface area contributed by atoms with Crippen molar-refractivity contribution in [1.29, 1.82) is 0 Å². The number of ether oxygens (including phenoxy) is 1. The van der Waals surface area contributed by atoms with Crippen molar-refractivity contribution in [2.45, 2.75) is 13.2 Å². The molecule has 1 aliphatic rings. The molecule has 5 rings (SSSR count). The first-order chi connectivity index (χ1) is 17.0. The highest BCUT2D eigenvalue weighted by Gasteiger charge is 2.35. The fourth-order valence-corrected chi connectivity index (χ4v) is 5.12. The van der Waals surface area contributed by atoms with E-state index in [-0.39, 0.29) is 17.7 Å². The van der Waals surface area contributed by atoms with Gasteiger partial charge >= 0.3 is 0 Å². The van der Waals surface area contributed by atoms with Crippen LogP contribution in [0.5, 0.6) is 5.75 Å². The number of fused-ring (bicyclic) bond motifs is 1. The Balaban J connectivity index is 1.27. The van der Waals surface area contributed by atoms with Crippen molar-refractivity contribution in [3.05, 3.63) is 116 Å². The van der Waals surface area contributed by atoms with E-state index in [2.05, 4.69) is 40.2 Å². The second-order valence-electron chi connectivity index (χ2n) is 8.05. The molecule has 2 amide bonds. The fraction of sp³-hybridized carbons (Fsp3) is 0.0714. The number of hydrogen-bond donors (Lipinski definition) is 0. The molecule has 0 bridgehead atoms. The maximum Gasteiger partial charge on any atom is 0.293 e. The number of carbonyl (C=O) groups excluding carboxylic acids is 2. The average molecular weight is 565 g/mol. The smallest absolute Gasteiger partial charge is 0.293 e. The van der Waals surface area contributed by atoms with Crippen molar-refractivity contribution in [3.63, 3.8) is 0 Å². The highest BCUT2D eigenvalue weighted by molar-refractivity contribution is 9.10. The van der Waals surface area contributed by atoms with Crippen LogP contribution in [0.1, 0.15) is 16.7 Å². The summed E-state index contributed by atoms with van der Waals surface area (Å²) in [6.07, 6.45) is 1.69. The van der Waals surface area contributed by atoms with Crippen LogP contribution in [0.25, 0.3) is 16.8 Å². The molecule has 7 heteroatoms. The number of amides is 2. The molecule has 35 heavy (non-hydrogen) atoms. The van der Waals surface area contributed by atoms with Crippen molar-refractivity contribution >= 4 is 67.3 Å². The van der Waals surface area contributed by atoms with Gasteiger partial charge in [-0.3, -0.25) is 14.5 Å². The number of benzene rings is 4. The Hall–Kier alpha value is -3.06. The van der Waals surface area contributed by atoms with Crippen LogP contribution >= 0.6 is 39.3 Å². The number of nitrogens with zero attached hydrogens (tertiary/aromatic N) is 1. The van der Waals surface area contributed by atoms with Crippen LogP contribution in [-0.4, -0.2) is 16.0 Å². The molecule has 174 valence electrons. The molecule has 0 unspecified atom stereocenters. The Labute approximate surface area is 220 Å². The Morgan fingerprint density at radius 3 is 2.40 bits per heavy atom. The quantitative estimate of drug-likeness (QED) is 0.222. The van der Waals surface area contributed by atoms with Gasteiger partial charge < -0.3 is 4.74 Å². The summed E-state index contributed by atoms with van der Waals surface area (Å²) in [5.74, 6) is 0.246. The third-order valence-corrected chi connectivity index (χ3v) is 7.32. The molecule has 1 aliphatic heterocycles. The van der Waals surface area contributed by atoms with Crippen LogP contribution < -0.4 is 4.74 Å². The Morgan fingerprint density at radius 1 is 0.886 bits per heavy atom. The predicted octanol–water partition coefficient (Wildman–Crippen LogP) is 8.07. The van der Waals surface area contributed by atoms with Crippen LogP contribution in [0.4, 0.5) is 4.79 Å². The van der Waals surface area contributed by atoms with Crippen molar-refractivity contribution in [1.82, 2.24) is 4.90 Å². The molecule has 4 nitrogen and oxygen atoms in total. The van der Waals surface area contributed by atoms with Crippen molar-refractivity contribution < 1.29 is 14.3 Å². The third kappa shape index (κ3) is 5.45. The van der Waals surface area contributed by atoms with Gasteiger partial charge in [0.25, 0.3) is 11.1 Å². The summed E-state index contributed by atoms with van der Waals surface area (Å²) in [4.78, 5) is 26.9. The molecule has 0 N–H and O–H groups in total. The van der Waals surface area contributed by atoms with E-state index >= 15 is 0 Å². The number of hydrogen-bond acceptors (Lipinski definition) is 4. The van der Waals surface area contributed by atoms with Gasteiger partial charge in [0, 0.05) is 4.47 Å². The molecule has 0 saturated carbocycles. The van der Waals surface area contributed by atoms with Crippen molar-refractivity contribution in [2.75, 3.05) is 0 Å². The van der Waals surface area contributed by atoms with Crippen molar-refractivity contribution in [3.8, 4) is 5.75 Å². The maximum atomic E-state index is 12.8. The molecule has 4 aromatic rings. The molecule has 0 aromatic heterocycles. The normalized spacial score (nSPS) is 14.8. The SMILES string of the molecule is O=C1S/C(=C\c2ccc(OCc3ccc4ccccc4c3)c(Cl)c2)C(=O)N1Cc1ccc(Br)cc1. The molecule has 0 radical (unpaired) electrons. The average Bonchev–Trinajstić information content (AvgIpc) is 3.12. The van der Waals surface area contributed by atoms with Gasteiger partial charge in [0.05, 0.1) is 16.5 Å². The minimum absolute atomic E-state index is 0.234. The molecular weight excluding hydrogens is 546 g/mol. The number of thioether (sulfide) groups is 1. The van der Waals surface area contributed by atoms with Crippen molar-refractivity contribution in [2.24, 2.45) is 0 Å². The van der Waals surface area contributed by atoms with Crippen LogP contribution in [0.3, 0.4) is 0 Å². The molecule has 4 aromatic carbocycles. The standard InChI is InChI=1S/C28H19BrClNO3S/c29-23-10-6-18(7-11-23)16-31-27(32)26(35-28(31)33)15-19-8-12-25(24(30)14-19)34-17-20-5-9-21-3-1-2-4-22(21)13-20/h1-15H,16-17H2/b26-15-. The first-order valence-electron chi connectivity index (χ1n) is 10.9. The largest absolute Gasteiger partial charge is 0.487 e. The lowest BCUT2D eigenvalue weighted by atomic mass is 10.1. The zero-order valence-corrected chi connectivity index (χ0v) is 21.6. The van der Waals surface area contributed by atoms with Crippen LogP contribution in [0.15, 0.2) is 94.3 Å². The van der Waals surface area contributed by atoms with E-state index < -0.39 is 0 Å². The zero-order chi connectivity index (χ0) is 24.4. The fourth-order valence-electron chi connectivity index (χ4n) is 3.77. The lowest BCUT2D eigenvalue weighted by Crippen LogP contribution is -2.27. The topological polar surface area (TPSA) is 46.6 Å². The lowest BCUT2D eigenvalue weighted by Gasteiger charge is -2.12. The second-order valence-corrected chi connectivity index (χ2v) is 10.4. The molecule has 0 spiro atoms. The Bertz CT molecular complexity index is 1470. The predicted molar refractivity (Wildman–Crippen MR) is 145 cm³/mol. The number of carbonyl (C=O) groups is 2. The molecule has 0 atom stereocenters. The summed E-state index contributed by atoms with van der Waals surface area (Å²) in [6.45, 7) is 0.621. The molecule has 1 saturated heterocycles. The molecule has 0 aliphatic carbocycles. The summed E-state index contributed by atoms with van der Waals surface area (Å²) in [7, 11) is 0. The molecule has 1 fully saturated rings. The third-order valence-electron chi connectivity index (χ3n) is 5.59. The van der Waals surface area contributed by atoms with E-state index in [1.807, 2.05) is 48.5 Å². The monoisotopic (exact) mass is 563 g/mol. The van der Waals surface area contributed by atoms with Gasteiger partial charge in [-0.1, -0.05) is 82.1 Å². The van der Waals surface area contributed by atoms with Crippen LogP contribution in [-0.2, 0) is 17.9 Å². The van der Waals surface area contributed by atoms with Crippen LogP contribution in [0, 0.1) is 0 Å². The molecular formula is C28H19BrClNO3S. The van der Waals surface area contributed by atoms with Gasteiger partial charge in [0.2, 0.25) is 0 Å². The van der Waals surface area contributed by atoms with Gasteiger partial charge in [0.1, 0.15) is 12.4 Å². The maximum absolute atomic E-state index is 12.8. The highest BCUT2D eigenvalue weighted by atomic mass is 79.9. The Kier molecular flexibility index (Phi) is 6.95. The van der Waals surface area contributed by atoms with Gasteiger partial charge in [-0.25, -0.2) is 0 Å². The van der Waals surface area contributed by atoms with Crippen LogP contribution in [0.2, 0.25) is 5.02 Å². The van der Waals surface area contributed by atoms with E-state index in [0.717, 1.165) is 38.3 Å². The second kappa shape index (κ2) is 10.3. The highest BCUT2D eigenvalue weighted by Crippen LogP contribution is 2.35. The van der Waals surface area contributed by atoms with E-state index in [1.165, 1.54) is 10.3 Å². The summed E-state index contributed by atoms with van der Waals surface area (Å²) in [5, 5.41) is 2.49. The van der Waals surface area contributed by atoms with E-state index in [1.54, 1.807) is 18.2 Å². The first kappa shape index (κ1) is 23.7. The minimum Gasteiger partial charge on any atom is -0.487 e. The van der Waals surface area contributed by atoms with Gasteiger partial charge in [-0.15, -0.1) is 0 Å². The summed E-state index contributed by atoms with van der Waals surface area (Å²) < 4.78 is 6.88.